The van der Waals surface area contributed by atoms with Gasteiger partial charge in [-0.15, -0.1) is 10.2 Å². The zero-order valence-electron chi connectivity index (χ0n) is 13.9. The van der Waals surface area contributed by atoms with Crippen LogP contribution >= 0.6 is 0 Å². The second kappa shape index (κ2) is 6.62. The number of hydrogen-bond donors (Lipinski definition) is 1. The van der Waals surface area contributed by atoms with Crippen LogP contribution in [0.3, 0.4) is 0 Å². The summed E-state index contributed by atoms with van der Waals surface area (Å²) in [6, 6.07) is 11.3. The molecule has 0 aliphatic carbocycles. The van der Waals surface area contributed by atoms with Gasteiger partial charge in [-0.25, -0.2) is 0 Å². The summed E-state index contributed by atoms with van der Waals surface area (Å²) in [5, 5.41) is 11.2. The predicted molar refractivity (Wildman–Crippen MR) is 92.7 cm³/mol. The van der Waals surface area contributed by atoms with E-state index in [1.165, 1.54) is 0 Å². The Morgan fingerprint density at radius 1 is 1.21 bits per heavy atom. The van der Waals surface area contributed by atoms with Crippen LogP contribution in [0.5, 0.6) is 0 Å². The van der Waals surface area contributed by atoms with Gasteiger partial charge in [0.25, 0.3) is 5.91 Å². The highest BCUT2D eigenvalue weighted by atomic mass is 16.1. The summed E-state index contributed by atoms with van der Waals surface area (Å²) < 4.78 is 1.91. The topological polar surface area (TPSA) is 72.7 Å². The Kier molecular flexibility index (Phi) is 4.37. The van der Waals surface area contributed by atoms with Crippen LogP contribution in [0.2, 0.25) is 0 Å². The molecule has 1 aromatic carbocycles. The fourth-order valence-corrected chi connectivity index (χ4v) is 2.51. The van der Waals surface area contributed by atoms with Crippen molar-refractivity contribution in [1.29, 1.82) is 0 Å². The molecule has 24 heavy (non-hydrogen) atoms. The number of amides is 1. The van der Waals surface area contributed by atoms with Crippen LogP contribution in [0.25, 0.3) is 11.4 Å². The molecule has 122 valence electrons. The van der Waals surface area contributed by atoms with E-state index < -0.39 is 0 Å². The number of aromatic nitrogens is 4. The highest BCUT2D eigenvalue weighted by molar-refractivity contribution is 6.04. The maximum absolute atomic E-state index is 12.5. The van der Waals surface area contributed by atoms with Crippen LogP contribution in [0, 0.1) is 6.92 Å². The highest BCUT2D eigenvalue weighted by Gasteiger charge is 2.13. The maximum Gasteiger partial charge on any atom is 0.274 e. The lowest BCUT2D eigenvalue weighted by Crippen LogP contribution is -2.16. The minimum absolute atomic E-state index is 0.209. The molecule has 1 amide bonds. The molecule has 0 bridgehead atoms. The van der Waals surface area contributed by atoms with Gasteiger partial charge in [-0.1, -0.05) is 25.1 Å². The molecular formula is C18H19N5O. The molecule has 0 spiro atoms. The molecule has 0 unspecified atom stereocenters. The van der Waals surface area contributed by atoms with Gasteiger partial charge in [-0.05, 0) is 37.1 Å². The molecule has 0 radical (unpaired) electrons. The molecule has 3 rings (SSSR count). The van der Waals surface area contributed by atoms with Gasteiger partial charge in [0.05, 0.1) is 0 Å². The lowest BCUT2D eigenvalue weighted by Gasteiger charge is -2.09. The number of carbonyl (C=O) groups is 1. The van der Waals surface area contributed by atoms with Crippen LogP contribution in [0.15, 0.2) is 42.6 Å². The minimum atomic E-state index is -0.209. The first kappa shape index (κ1) is 15.9. The first-order chi connectivity index (χ1) is 11.6. The summed E-state index contributed by atoms with van der Waals surface area (Å²) in [4.78, 5) is 16.7. The van der Waals surface area contributed by atoms with E-state index in [4.69, 9.17) is 0 Å². The van der Waals surface area contributed by atoms with Gasteiger partial charge in [0.2, 0.25) is 0 Å². The zero-order chi connectivity index (χ0) is 17.1. The van der Waals surface area contributed by atoms with E-state index >= 15 is 0 Å². The maximum atomic E-state index is 12.5. The first-order valence-corrected chi connectivity index (χ1v) is 7.81. The Morgan fingerprint density at radius 2 is 2.04 bits per heavy atom. The molecule has 0 saturated heterocycles. The molecule has 0 aliphatic rings. The molecule has 0 saturated carbocycles. The average molecular weight is 321 g/mol. The van der Waals surface area contributed by atoms with Crippen LogP contribution in [0.4, 0.5) is 5.69 Å². The van der Waals surface area contributed by atoms with Crippen LogP contribution in [-0.2, 0) is 13.5 Å². The predicted octanol–water partition coefficient (Wildman–Crippen LogP) is 3.00. The third kappa shape index (κ3) is 3.03. The van der Waals surface area contributed by atoms with Gasteiger partial charge >= 0.3 is 0 Å². The Bertz CT molecular complexity index is 885. The quantitative estimate of drug-likeness (QED) is 0.802. The summed E-state index contributed by atoms with van der Waals surface area (Å²) >= 11 is 0. The summed E-state index contributed by atoms with van der Waals surface area (Å²) in [7, 11) is 1.91. The van der Waals surface area contributed by atoms with Crippen LogP contribution in [-0.4, -0.2) is 25.7 Å². The second-order valence-electron chi connectivity index (χ2n) is 5.53. The number of benzene rings is 1. The molecule has 6 nitrogen and oxygen atoms in total. The third-order valence-corrected chi connectivity index (χ3v) is 3.96. The molecule has 0 fully saturated rings. The molecular weight excluding hydrogens is 302 g/mol. The van der Waals surface area contributed by atoms with Gasteiger partial charge in [0, 0.05) is 24.5 Å². The van der Waals surface area contributed by atoms with Crippen molar-refractivity contribution in [3.63, 3.8) is 0 Å². The summed E-state index contributed by atoms with van der Waals surface area (Å²) in [6.07, 6.45) is 2.39. The summed E-state index contributed by atoms with van der Waals surface area (Å²) in [6.45, 7) is 3.90. The fraction of sp³-hybridized carbons (Fsp3) is 0.222. The lowest BCUT2D eigenvalue weighted by atomic mass is 10.1. The smallest absolute Gasteiger partial charge is 0.274 e. The largest absolute Gasteiger partial charge is 0.321 e. The van der Waals surface area contributed by atoms with Gasteiger partial charge in [0.1, 0.15) is 11.5 Å². The van der Waals surface area contributed by atoms with Gasteiger partial charge < -0.3 is 9.88 Å². The number of nitrogens with zero attached hydrogens (tertiary/aromatic N) is 4. The van der Waals surface area contributed by atoms with E-state index in [-0.39, 0.29) is 5.91 Å². The van der Waals surface area contributed by atoms with Crippen molar-refractivity contribution in [2.45, 2.75) is 20.3 Å². The van der Waals surface area contributed by atoms with Crippen molar-refractivity contribution in [2.24, 2.45) is 7.05 Å². The normalized spacial score (nSPS) is 10.6. The molecule has 3 aromatic rings. The van der Waals surface area contributed by atoms with Gasteiger partial charge in [0.15, 0.2) is 5.82 Å². The Hall–Kier alpha value is -3.02. The van der Waals surface area contributed by atoms with Crippen molar-refractivity contribution in [2.75, 3.05) is 5.32 Å². The van der Waals surface area contributed by atoms with E-state index in [9.17, 15) is 4.79 Å². The molecule has 0 aliphatic heterocycles. The highest BCUT2D eigenvalue weighted by Crippen LogP contribution is 2.21. The number of aryl methyl sites for hydroxylation is 2. The van der Waals surface area contributed by atoms with Gasteiger partial charge in [-0.2, -0.15) is 0 Å². The van der Waals surface area contributed by atoms with Gasteiger partial charge in [-0.3, -0.25) is 9.78 Å². The number of rotatable bonds is 4. The Balaban J connectivity index is 1.87. The van der Waals surface area contributed by atoms with Crippen LogP contribution in [0.1, 0.15) is 28.8 Å². The second-order valence-corrected chi connectivity index (χ2v) is 5.53. The van der Waals surface area contributed by atoms with E-state index in [0.29, 0.717) is 11.4 Å². The van der Waals surface area contributed by atoms with Crippen molar-refractivity contribution < 1.29 is 4.79 Å². The van der Waals surface area contributed by atoms with Crippen molar-refractivity contribution in [3.8, 4) is 11.4 Å². The SMILES string of the molecule is CCc1cccnc1C(=O)Nc1cccc(-c2nnc(C)n2C)c1. The molecule has 1 N–H and O–H groups in total. The van der Waals surface area contributed by atoms with Crippen molar-refractivity contribution >= 4 is 11.6 Å². The molecule has 6 heteroatoms. The van der Waals surface area contributed by atoms with E-state index in [1.807, 2.05) is 61.9 Å². The Labute approximate surface area is 140 Å². The minimum Gasteiger partial charge on any atom is -0.321 e. The van der Waals surface area contributed by atoms with E-state index in [2.05, 4.69) is 20.5 Å². The standard InChI is InChI=1S/C18H19N5O/c1-4-13-8-6-10-19-16(13)18(24)20-15-9-5-7-14(11-15)17-22-21-12(2)23(17)3/h5-11H,4H2,1-3H3,(H,20,24). The van der Waals surface area contributed by atoms with Crippen molar-refractivity contribution in [1.82, 2.24) is 19.7 Å². The van der Waals surface area contributed by atoms with E-state index in [0.717, 1.165) is 29.2 Å². The van der Waals surface area contributed by atoms with Crippen molar-refractivity contribution in [3.05, 3.63) is 59.7 Å². The van der Waals surface area contributed by atoms with Crippen LogP contribution < -0.4 is 5.32 Å². The summed E-state index contributed by atoms with van der Waals surface area (Å²) in [5.41, 5.74) is 2.98. The molecule has 0 atom stereocenters. The molecule has 2 aromatic heterocycles. The average Bonchev–Trinajstić information content (AvgIpc) is 2.94. The number of anilines is 1. The number of hydrogen-bond acceptors (Lipinski definition) is 4. The first-order valence-electron chi connectivity index (χ1n) is 7.81. The fourth-order valence-electron chi connectivity index (χ4n) is 2.51. The van der Waals surface area contributed by atoms with E-state index in [1.54, 1.807) is 6.20 Å². The number of nitrogens with one attached hydrogen (secondary N) is 1. The third-order valence-electron chi connectivity index (χ3n) is 3.96. The zero-order valence-corrected chi connectivity index (χ0v) is 13.9. The summed E-state index contributed by atoms with van der Waals surface area (Å²) in [5.74, 6) is 1.38. The monoisotopic (exact) mass is 321 g/mol. The number of carbonyl (C=O) groups excluding carboxylic acids is 1. The Morgan fingerprint density at radius 3 is 2.75 bits per heavy atom. The molecule has 2 heterocycles. The number of pyridine rings is 1. The lowest BCUT2D eigenvalue weighted by molar-refractivity contribution is 0.102.